The standard InChI is InChI=1S/C13H28NO/c1-6-8-10-12(9-7-2)13(15)11-14(3,4)5/h7,12-13,15H,2,6,8-11H2,1,3-5H3/q+1. The van der Waals surface area contributed by atoms with Crippen molar-refractivity contribution in [2.24, 2.45) is 5.92 Å². The lowest BCUT2D eigenvalue weighted by molar-refractivity contribution is -0.874. The van der Waals surface area contributed by atoms with Crippen molar-refractivity contribution in [2.75, 3.05) is 27.7 Å². The molecule has 0 fully saturated rings. The van der Waals surface area contributed by atoms with Gasteiger partial charge in [-0.05, 0) is 18.8 Å². The minimum atomic E-state index is -0.199. The molecule has 0 saturated heterocycles. The smallest absolute Gasteiger partial charge is 0.106 e. The third-order valence-corrected chi connectivity index (χ3v) is 2.68. The van der Waals surface area contributed by atoms with Crippen LogP contribution in [0.4, 0.5) is 0 Å². The number of allylic oxidation sites excluding steroid dienone is 1. The van der Waals surface area contributed by atoms with Gasteiger partial charge >= 0.3 is 0 Å². The van der Waals surface area contributed by atoms with Crippen LogP contribution in [0.5, 0.6) is 0 Å². The number of aliphatic hydroxyl groups is 1. The molecule has 0 radical (unpaired) electrons. The number of quaternary nitrogens is 1. The first-order valence-corrected chi connectivity index (χ1v) is 6.00. The normalized spacial score (nSPS) is 16.1. The summed E-state index contributed by atoms with van der Waals surface area (Å²) in [6.45, 7) is 6.78. The van der Waals surface area contributed by atoms with Crippen molar-refractivity contribution in [3.05, 3.63) is 12.7 Å². The highest BCUT2D eigenvalue weighted by atomic mass is 16.3. The third kappa shape index (κ3) is 7.57. The third-order valence-electron chi connectivity index (χ3n) is 2.68. The van der Waals surface area contributed by atoms with Crippen molar-refractivity contribution in [1.29, 1.82) is 0 Å². The van der Waals surface area contributed by atoms with Gasteiger partial charge in [0.15, 0.2) is 0 Å². The second kappa shape index (κ2) is 7.02. The Hall–Kier alpha value is -0.340. The zero-order valence-electron chi connectivity index (χ0n) is 10.9. The Balaban J connectivity index is 4.14. The van der Waals surface area contributed by atoms with Crippen LogP contribution in [0.3, 0.4) is 0 Å². The lowest BCUT2D eigenvalue weighted by Gasteiger charge is -2.30. The number of unbranched alkanes of at least 4 members (excludes halogenated alkanes) is 1. The Labute approximate surface area is 95.2 Å². The Morgan fingerprint density at radius 2 is 1.93 bits per heavy atom. The van der Waals surface area contributed by atoms with Gasteiger partial charge in [-0.1, -0.05) is 25.8 Å². The first-order valence-electron chi connectivity index (χ1n) is 6.00. The summed E-state index contributed by atoms with van der Waals surface area (Å²) in [7, 11) is 6.36. The van der Waals surface area contributed by atoms with Gasteiger partial charge in [0.2, 0.25) is 0 Å². The van der Waals surface area contributed by atoms with Crippen LogP contribution in [0.2, 0.25) is 0 Å². The van der Waals surface area contributed by atoms with Crippen molar-refractivity contribution >= 4 is 0 Å². The van der Waals surface area contributed by atoms with E-state index < -0.39 is 0 Å². The Morgan fingerprint density at radius 3 is 2.33 bits per heavy atom. The van der Waals surface area contributed by atoms with Gasteiger partial charge in [0.1, 0.15) is 12.6 Å². The van der Waals surface area contributed by atoms with Crippen molar-refractivity contribution < 1.29 is 9.59 Å². The van der Waals surface area contributed by atoms with Crippen LogP contribution in [-0.4, -0.2) is 43.4 Å². The molecule has 0 aromatic heterocycles. The summed E-state index contributed by atoms with van der Waals surface area (Å²) in [6.07, 6.45) is 6.18. The zero-order valence-corrected chi connectivity index (χ0v) is 10.9. The number of nitrogens with zero attached hydrogens (tertiary/aromatic N) is 1. The highest BCUT2D eigenvalue weighted by Crippen LogP contribution is 2.19. The summed E-state index contributed by atoms with van der Waals surface area (Å²) in [6, 6.07) is 0. The van der Waals surface area contributed by atoms with Crippen LogP contribution in [-0.2, 0) is 0 Å². The van der Waals surface area contributed by atoms with E-state index >= 15 is 0 Å². The highest BCUT2D eigenvalue weighted by molar-refractivity contribution is 4.78. The number of hydrogen-bond donors (Lipinski definition) is 1. The molecular formula is C13H28NO+. The van der Waals surface area contributed by atoms with Gasteiger partial charge in [-0.2, -0.15) is 0 Å². The van der Waals surface area contributed by atoms with Crippen LogP contribution in [0, 0.1) is 5.92 Å². The van der Waals surface area contributed by atoms with Crippen LogP contribution in [0.15, 0.2) is 12.7 Å². The largest absolute Gasteiger partial charge is 0.387 e. The molecule has 0 heterocycles. The van der Waals surface area contributed by atoms with E-state index in [2.05, 4.69) is 34.6 Å². The molecule has 0 saturated carbocycles. The SMILES string of the molecule is C=CCC(CCCC)C(O)C[N+](C)(C)C. The molecule has 0 aromatic carbocycles. The van der Waals surface area contributed by atoms with Crippen LogP contribution < -0.4 is 0 Å². The van der Waals surface area contributed by atoms with E-state index in [1.54, 1.807) is 0 Å². The molecule has 15 heavy (non-hydrogen) atoms. The van der Waals surface area contributed by atoms with Crippen molar-refractivity contribution in [3.8, 4) is 0 Å². The van der Waals surface area contributed by atoms with Crippen LogP contribution >= 0.6 is 0 Å². The molecule has 0 aliphatic carbocycles. The number of hydrogen-bond acceptors (Lipinski definition) is 1. The summed E-state index contributed by atoms with van der Waals surface area (Å²) < 4.78 is 0.820. The maximum absolute atomic E-state index is 10.1. The minimum Gasteiger partial charge on any atom is -0.387 e. The maximum atomic E-state index is 10.1. The number of rotatable bonds is 8. The number of aliphatic hydroxyl groups excluding tert-OH is 1. The monoisotopic (exact) mass is 214 g/mol. The van der Waals surface area contributed by atoms with E-state index in [4.69, 9.17) is 0 Å². The summed E-state index contributed by atoms with van der Waals surface area (Å²) in [5.74, 6) is 0.389. The van der Waals surface area contributed by atoms with Crippen molar-refractivity contribution in [2.45, 2.75) is 38.7 Å². The van der Waals surface area contributed by atoms with Gasteiger partial charge in [-0.15, -0.1) is 6.58 Å². The molecule has 0 aromatic rings. The first-order chi connectivity index (χ1) is 6.90. The first kappa shape index (κ1) is 14.7. The van der Waals surface area contributed by atoms with Crippen LogP contribution in [0.1, 0.15) is 32.6 Å². The molecule has 2 unspecified atom stereocenters. The van der Waals surface area contributed by atoms with Gasteiger partial charge in [-0.25, -0.2) is 0 Å². The molecule has 1 N–H and O–H groups in total. The minimum absolute atomic E-state index is 0.199. The quantitative estimate of drug-likeness (QED) is 0.486. The van der Waals surface area contributed by atoms with E-state index in [1.807, 2.05) is 6.08 Å². The second-order valence-electron chi connectivity index (χ2n) is 5.47. The number of likely N-dealkylation sites (N-methyl/N-ethyl adjacent to an activating group) is 1. The molecule has 0 aliphatic heterocycles. The van der Waals surface area contributed by atoms with Crippen molar-refractivity contribution in [3.63, 3.8) is 0 Å². The van der Waals surface area contributed by atoms with E-state index in [9.17, 15) is 5.11 Å². The van der Waals surface area contributed by atoms with E-state index in [-0.39, 0.29) is 6.10 Å². The van der Waals surface area contributed by atoms with Crippen LogP contribution in [0.25, 0.3) is 0 Å². The fourth-order valence-corrected chi connectivity index (χ4v) is 1.86. The van der Waals surface area contributed by atoms with Gasteiger partial charge in [-0.3, -0.25) is 0 Å². The predicted octanol–water partition coefficient (Wildman–Crippen LogP) is 2.44. The molecule has 2 heteroatoms. The molecule has 0 spiro atoms. The lowest BCUT2D eigenvalue weighted by Crippen LogP contribution is -2.44. The van der Waals surface area contributed by atoms with Gasteiger partial charge in [0.05, 0.1) is 21.1 Å². The zero-order chi connectivity index (χ0) is 11.9. The molecule has 2 nitrogen and oxygen atoms in total. The average Bonchev–Trinajstić information content (AvgIpc) is 2.09. The second-order valence-corrected chi connectivity index (χ2v) is 5.47. The molecular weight excluding hydrogens is 186 g/mol. The van der Waals surface area contributed by atoms with Gasteiger partial charge in [0.25, 0.3) is 0 Å². The lowest BCUT2D eigenvalue weighted by atomic mass is 9.92. The summed E-state index contributed by atoms with van der Waals surface area (Å²) in [5, 5.41) is 10.1. The van der Waals surface area contributed by atoms with Gasteiger partial charge < -0.3 is 9.59 Å². The average molecular weight is 214 g/mol. The molecule has 2 atom stereocenters. The van der Waals surface area contributed by atoms with Crippen molar-refractivity contribution in [1.82, 2.24) is 0 Å². The molecule has 0 bridgehead atoms. The molecule has 0 amide bonds. The van der Waals surface area contributed by atoms with E-state index in [1.165, 1.54) is 12.8 Å². The molecule has 90 valence electrons. The fraction of sp³-hybridized carbons (Fsp3) is 0.846. The predicted molar refractivity (Wildman–Crippen MR) is 66.7 cm³/mol. The molecule has 0 rings (SSSR count). The molecule has 0 aliphatic rings. The summed E-state index contributed by atoms with van der Waals surface area (Å²) in [4.78, 5) is 0. The summed E-state index contributed by atoms with van der Waals surface area (Å²) in [5.41, 5.74) is 0. The fourth-order valence-electron chi connectivity index (χ4n) is 1.86. The Bertz CT molecular complexity index is 172. The topological polar surface area (TPSA) is 20.2 Å². The highest BCUT2D eigenvalue weighted by Gasteiger charge is 2.23. The Morgan fingerprint density at radius 1 is 1.33 bits per heavy atom. The summed E-state index contributed by atoms with van der Waals surface area (Å²) >= 11 is 0. The van der Waals surface area contributed by atoms with E-state index in [0.717, 1.165) is 23.9 Å². The van der Waals surface area contributed by atoms with E-state index in [0.29, 0.717) is 5.92 Å². The van der Waals surface area contributed by atoms with Gasteiger partial charge in [0, 0.05) is 0 Å². The Kier molecular flexibility index (Phi) is 6.86. The maximum Gasteiger partial charge on any atom is 0.106 e.